The normalized spacial score (nSPS) is 11.1. The fourth-order valence-electron chi connectivity index (χ4n) is 3.55. The van der Waals surface area contributed by atoms with Crippen LogP contribution >= 0.6 is 11.8 Å². The Kier molecular flexibility index (Phi) is 15.8. The molecule has 198 valence electrons. The molecule has 1 unspecified atom stereocenters. The van der Waals surface area contributed by atoms with Crippen LogP contribution < -0.4 is 5.32 Å². The van der Waals surface area contributed by atoms with Gasteiger partial charge in [0.2, 0.25) is 0 Å². The molecular formula is C34H45NOS. The molecule has 0 heterocycles. The van der Waals surface area contributed by atoms with E-state index in [-0.39, 0.29) is 5.37 Å². The van der Waals surface area contributed by atoms with Gasteiger partial charge in [0, 0.05) is 17.7 Å². The Morgan fingerprint density at radius 3 is 1.95 bits per heavy atom. The molecule has 3 heteroatoms. The van der Waals surface area contributed by atoms with Crippen molar-refractivity contribution in [2.24, 2.45) is 5.41 Å². The standard InChI is InChI=1S/C28H33NS.C4H8O.C2H4/c1-22(15-16-23-11-7-5-8-12-23)29-27(30-26-13-9-6-10-14-26)25-19-17-24(18-20-25)21-28(2,3)4;1-3-4-5-2;1-2/h5-14,17-20,27,29H,1,15-16,21H2,2-4H3;3H,1,4H2,2H3;1-2H2. The lowest BCUT2D eigenvalue weighted by molar-refractivity contribution is 0.234. The number of hydrogen-bond acceptors (Lipinski definition) is 3. The highest BCUT2D eigenvalue weighted by Crippen LogP contribution is 2.34. The molecule has 0 fully saturated rings. The first kappa shape index (κ1) is 32.0. The van der Waals surface area contributed by atoms with Crippen LogP contribution in [0.25, 0.3) is 0 Å². The molecule has 0 saturated heterocycles. The Labute approximate surface area is 230 Å². The summed E-state index contributed by atoms with van der Waals surface area (Å²) in [4.78, 5) is 1.25. The minimum atomic E-state index is 0.138. The summed E-state index contributed by atoms with van der Waals surface area (Å²) in [5.41, 5.74) is 5.38. The van der Waals surface area contributed by atoms with Gasteiger partial charge in [0.25, 0.3) is 0 Å². The van der Waals surface area contributed by atoms with Gasteiger partial charge in [-0.2, -0.15) is 0 Å². The predicted molar refractivity (Wildman–Crippen MR) is 165 cm³/mol. The first-order valence-corrected chi connectivity index (χ1v) is 13.6. The van der Waals surface area contributed by atoms with E-state index >= 15 is 0 Å². The van der Waals surface area contributed by atoms with Crippen molar-refractivity contribution in [3.05, 3.63) is 140 Å². The third-order valence-corrected chi connectivity index (χ3v) is 6.36. The Balaban J connectivity index is 0.000000874. The zero-order valence-corrected chi connectivity index (χ0v) is 24.0. The summed E-state index contributed by atoms with van der Waals surface area (Å²) < 4.78 is 4.57. The van der Waals surface area contributed by atoms with Crippen LogP contribution in [0.15, 0.2) is 128 Å². The highest BCUT2D eigenvalue weighted by atomic mass is 32.2. The van der Waals surface area contributed by atoms with Gasteiger partial charge in [-0.15, -0.1) is 19.7 Å². The van der Waals surface area contributed by atoms with Gasteiger partial charge < -0.3 is 10.1 Å². The topological polar surface area (TPSA) is 21.3 Å². The van der Waals surface area contributed by atoms with Crippen LogP contribution in [0, 0.1) is 5.41 Å². The smallest absolute Gasteiger partial charge is 0.102 e. The van der Waals surface area contributed by atoms with Gasteiger partial charge in [-0.05, 0) is 53.5 Å². The molecule has 0 aliphatic heterocycles. The number of aryl methyl sites for hydroxylation is 1. The molecule has 3 rings (SSSR count). The number of thioether (sulfide) groups is 1. The van der Waals surface area contributed by atoms with E-state index in [1.807, 2.05) is 11.8 Å². The molecule has 0 aliphatic carbocycles. The minimum absolute atomic E-state index is 0.138. The SMILES string of the molecule is C=C.C=C(CCc1ccccc1)NC(Sc1ccccc1)c1ccc(CC(C)(C)C)cc1.C=CCOC. The van der Waals surface area contributed by atoms with Gasteiger partial charge in [-0.1, -0.05) is 118 Å². The minimum Gasteiger partial charge on any atom is -0.381 e. The molecular weight excluding hydrogens is 470 g/mol. The van der Waals surface area contributed by atoms with Crippen LogP contribution in [-0.2, 0) is 17.6 Å². The van der Waals surface area contributed by atoms with Gasteiger partial charge in [-0.25, -0.2) is 0 Å². The van der Waals surface area contributed by atoms with Crippen molar-refractivity contribution in [2.45, 2.75) is 50.3 Å². The van der Waals surface area contributed by atoms with E-state index in [1.54, 1.807) is 13.2 Å². The van der Waals surface area contributed by atoms with Crippen molar-refractivity contribution in [2.75, 3.05) is 13.7 Å². The van der Waals surface area contributed by atoms with Crippen LogP contribution in [0.4, 0.5) is 0 Å². The molecule has 1 atom stereocenters. The lowest BCUT2D eigenvalue weighted by Gasteiger charge is -2.23. The molecule has 0 bridgehead atoms. The summed E-state index contributed by atoms with van der Waals surface area (Å²) in [6.07, 6.45) is 4.72. The molecule has 0 aromatic heterocycles. The average molecular weight is 516 g/mol. The van der Waals surface area contributed by atoms with Crippen molar-refractivity contribution >= 4 is 11.8 Å². The highest BCUT2D eigenvalue weighted by Gasteiger charge is 2.16. The largest absolute Gasteiger partial charge is 0.381 e. The maximum atomic E-state index is 4.57. The van der Waals surface area contributed by atoms with Crippen molar-refractivity contribution in [1.29, 1.82) is 0 Å². The van der Waals surface area contributed by atoms with E-state index in [0.717, 1.165) is 25.0 Å². The number of nitrogens with one attached hydrogen (secondary N) is 1. The van der Waals surface area contributed by atoms with E-state index in [4.69, 9.17) is 0 Å². The van der Waals surface area contributed by atoms with Gasteiger partial charge in [0.05, 0.1) is 6.61 Å². The number of allylic oxidation sites excluding steroid dienone is 1. The number of ether oxygens (including phenoxy) is 1. The summed E-state index contributed by atoms with van der Waals surface area (Å²) in [6, 6.07) is 30.3. The van der Waals surface area contributed by atoms with Gasteiger partial charge in [0.15, 0.2) is 0 Å². The van der Waals surface area contributed by atoms with Gasteiger partial charge in [-0.3, -0.25) is 0 Å². The zero-order valence-electron chi connectivity index (χ0n) is 23.2. The van der Waals surface area contributed by atoms with Gasteiger partial charge >= 0.3 is 0 Å². The van der Waals surface area contributed by atoms with E-state index in [1.165, 1.54) is 21.6 Å². The number of methoxy groups -OCH3 is 1. The molecule has 0 radical (unpaired) electrons. The molecule has 3 aromatic carbocycles. The Morgan fingerprint density at radius 2 is 1.46 bits per heavy atom. The number of benzene rings is 3. The van der Waals surface area contributed by atoms with E-state index in [9.17, 15) is 0 Å². The van der Waals surface area contributed by atoms with Crippen molar-refractivity contribution in [1.82, 2.24) is 5.32 Å². The second-order valence-corrected chi connectivity index (χ2v) is 10.9. The van der Waals surface area contributed by atoms with E-state index < -0.39 is 0 Å². The van der Waals surface area contributed by atoms with Crippen molar-refractivity contribution < 1.29 is 4.74 Å². The third-order valence-electron chi connectivity index (χ3n) is 5.19. The first-order chi connectivity index (χ1) is 17.8. The molecule has 37 heavy (non-hydrogen) atoms. The predicted octanol–water partition coefficient (Wildman–Crippen LogP) is 9.42. The van der Waals surface area contributed by atoms with E-state index in [0.29, 0.717) is 12.0 Å². The van der Waals surface area contributed by atoms with Crippen molar-refractivity contribution in [3.63, 3.8) is 0 Å². The fraction of sp³-hybridized carbons (Fsp3) is 0.294. The Hall–Kier alpha value is -3.01. The van der Waals surface area contributed by atoms with Crippen molar-refractivity contribution in [3.8, 4) is 0 Å². The fourth-order valence-corrected chi connectivity index (χ4v) is 4.66. The number of hydrogen-bond donors (Lipinski definition) is 1. The molecule has 0 aliphatic rings. The third kappa shape index (κ3) is 14.3. The van der Waals surface area contributed by atoms with Crippen LogP contribution in [0.2, 0.25) is 0 Å². The maximum absolute atomic E-state index is 4.57. The van der Waals surface area contributed by atoms with E-state index in [2.05, 4.69) is 142 Å². The molecule has 0 saturated carbocycles. The lowest BCUT2D eigenvalue weighted by atomic mass is 9.88. The molecule has 0 spiro atoms. The summed E-state index contributed by atoms with van der Waals surface area (Å²) >= 11 is 1.84. The molecule has 0 amide bonds. The second kappa shape index (κ2) is 18.3. The Bertz CT molecular complexity index is 1010. The number of rotatable bonds is 11. The molecule has 2 nitrogen and oxygen atoms in total. The molecule has 3 aromatic rings. The maximum Gasteiger partial charge on any atom is 0.102 e. The summed E-state index contributed by atoms with van der Waals surface area (Å²) in [7, 11) is 1.64. The second-order valence-electron chi connectivity index (χ2n) is 9.77. The lowest BCUT2D eigenvalue weighted by Crippen LogP contribution is -2.18. The first-order valence-electron chi connectivity index (χ1n) is 12.7. The average Bonchev–Trinajstić information content (AvgIpc) is 2.90. The van der Waals surface area contributed by atoms with Crippen LogP contribution in [0.5, 0.6) is 0 Å². The monoisotopic (exact) mass is 515 g/mol. The summed E-state index contributed by atoms with van der Waals surface area (Å²) in [6.45, 7) is 21.3. The van der Waals surface area contributed by atoms with Crippen LogP contribution in [0.3, 0.4) is 0 Å². The summed E-state index contributed by atoms with van der Waals surface area (Å²) in [5.74, 6) is 0. The van der Waals surface area contributed by atoms with Crippen LogP contribution in [-0.4, -0.2) is 13.7 Å². The molecule has 1 N–H and O–H groups in total. The quantitative estimate of drug-likeness (QED) is 0.156. The highest BCUT2D eigenvalue weighted by molar-refractivity contribution is 7.99. The summed E-state index contributed by atoms with van der Waals surface area (Å²) in [5, 5.41) is 3.83. The Morgan fingerprint density at radius 1 is 0.892 bits per heavy atom. The zero-order chi connectivity index (χ0) is 27.5. The van der Waals surface area contributed by atoms with Crippen LogP contribution in [0.1, 0.15) is 49.3 Å². The van der Waals surface area contributed by atoms with Gasteiger partial charge in [0.1, 0.15) is 5.37 Å².